The molecule has 0 aliphatic heterocycles. The molecule has 0 unspecified atom stereocenters. The maximum Gasteiger partial charge on any atom is 0.335 e. The van der Waals surface area contributed by atoms with E-state index in [0.29, 0.717) is 0 Å². The SMILES string of the molecule is CC(C)CS(=O)(=O)N(C)Cc1ccc(C(=O)O)cc1. The normalized spacial score (nSPS) is 12.1. The van der Waals surface area contributed by atoms with E-state index in [0.717, 1.165) is 5.56 Å². The lowest BCUT2D eigenvalue weighted by atomic mass is 10.1. The molecule has 1 aromatic rings. The van der Waals surface area contributed by atoms with Crippen molar-refractivity contribution in [2.24, 2.45) is 5.92 Å². The Balaban J connectivity index is 2.77. The molecule has 6 heteroatoms. The summed E-state index contributed by atoms with van der Waals surface area (Å²) in [6.07, 6.45) is 0. The van der Waals surface area contributed by atoms with Gasteiger partial charge in [0, 0.05) is 13.6 Å². The first-order chi connectivity index (χ1) is 8.72. The number of rotatable bonds is 6. The molecule has 0 radical (unpaired) electrons. The maximum absolute atomic E-state index is 12.0. The topological polar surface area (TPSA) is 74.7 Å². The van der Waals surface area contributed by atoms with Gasteiger partial charge < -0.3 is 5.11 Å². The number of sulfonamides is 1. The van der Waals surface area contributed by atoms with Crippen molar-refractivity contribution in [2.75, 3.05) is 12.8 Å². The van der Waals surface area contributed by atoms with E-state index in [9.17, 15) is 13.2 Å². The van der Waals surface area contributed by atoms with Gasteiger partial charge in [-0.15, -0.1) is 0 Å². The summed E-state index contributed by atoms with van der Waals surface area (Å²) in [4.78, 5) is 10.7. The fraction of sp³-hybridized carbons (Fsp3) is 0.462. The zero-order valence-electron chi connectivity index (χ0n) is 11.3. The van der Waals surface area contributed by atoms with E-state index in [4.69, 9.17) is 5.11 Å². The van der Waals surface area contributed by atoms with Crippen molar-refractivity contribution in [1.82, 2.24) is 4.31 Å². The molecule has 0 aliphatic rings. The number of hydrogen-bond acceptors (Lipinski definition) is 3. The Morgan fingerprint density at radius 1 is 1.26 bits per heavy atom. The van der Waals surface area contributed by atoms with Crippen molar-refractivity contribution in [3.05, 3.63) is 35.4 Å². The first-order valence-electron chi connectivity index (χ1n) is 5.98. The van der Waals surface area contributed by atoms with Gasteiger partial charge in [0.25, 0.3) is 0 Å². The van der Waals surface area contributed by atoms with Crippen molar-refractivity contribution in [3.8, 4) is 0 Å². The largest absolute Gasteiger partial charge is 0.478 e. The number of carboxylic acids is 1. The molecular formula is C13H19NO4S. The molecule has 0 saturated carbocycles. The molecule has 0 amide bonds. The van der Waals surface area contributed by atoms with Crippen LogP contribution in [0.25, 0.3) is 0 Å². The van der Waals surface area contributed by atoms with E-state index in [-0.39, 0.29) is 23.8 Å². The minimum atomic E-state index is -3.27. The van der Waals surface area contributed by atoms with E-state index < -0.39 is 16.0 Å². The summed E-state index contributed by atoms with van der Waals surface area (Å²) in [5.74, 6) is -0.814. The summed E-state index contributed by atoms with van der Waals surface area (Å²) < 4.78 is 25.2. The first kappa shape index (κ1) is 15.7. The van der Waals surface area contributed by atoms with Gasteiger partial charge in [-0.1, -0.05) is 26.0 Å². The predicted octanol–water partition coefficient (Wildman–Crippen LogP) is 1.80. The van der Waals surface area contributed by atoms with Crippen LogP contribution in [-0.4, -0.2) is 36.6 Å². The second-order valence-corrected chi connectivity index (χ2v) is 7.05. The molecule has 0 aliphatic carbocycles. The van der Waals surface area contributed by atoms with Crippen LogP contribution < -0.4 is 0 Å². The highest BCUT2D eigenvalue weighted by atomic mass is 32.2. The van der Waals surface area contributed by atoms with Crippen LogP contribution in [0.15, 0.2) is 24.3 Å². The van der Waals surface area contributed by atoms with Gasteiger partial charge in [-0.25, -0.2) is 17.5 Å². The lowest BCUT2D eigenvalue weighted by Gasteiger charge is -2.18. The van der Waals surface area contributed by atoms with Gasteiger partial charge in [0.15, 0.2) is 0 Å². The van der Waals surface area contributed by atoms with Crippen LogP contribution in [0, 0.1) is 5.92 Å². The number of benzene rings is 1. The molecule has 0 heterocycles. The van der Waals surface area contributed by atoms with E-state index in [2.05, 4.69) is 0 Å². The van der Waals surface area contributed by atoms with Gasteiger partial charge in [-0.05, 0) is 23.6 Å². The molecule has 1 aromatic carbocycles. The number of carboxylic acid groups (broad SMARTS) is 1. The molecule has 0 atom stereocenters. The van der Waals surface area contributed by atoms with Crippen molar-refractivity contribution < 1.29 is 18.3 Å². The number of aromatic carboxylic acids is 1. The average molecular weight is 285 g/mol. The third-order valence-electron chi connectivity index (χ3n) is 2.62. The lowest BCUT2D eigenvalue weighted by Crippen LogP contribution is -2.30. The van der Waals surface area contributed by atoms with Crippen LogP contribution >= 0.6 is 0 Å². The van der Waals surface area contributed by atoms with Crippen LogP contribution in [0.4, 0.5) is 0 Å². The monoisotopic (exact) mass is 285 g/mol. The highest BCUT2D eigenvalue weighted by Gasteiger charge is 2.19. The molecule has 0 fully saturated rings. The molecule has 5 nitrogen and oxygen atoms in total. The summed E-state index contributed by atoms with van der Waals surface area (Å²) in [6.45, 7) is 3.95. The standard InChI is InChI=1S/C13H19NO4S/c1-10(2)9-19(17,18)14(3)8-11-4-6-12(7-5-11)13(15)16/h4-7,10H,8-9H2,1-3H3,(H,15,16). The minimum absolute atomic E-state index is 0.0711. The number of carbonyl (C=O) groups is 1. The average Bonchev–Trinajstić information content (AvgIpc) is 2.27. The fourth-order valence-corrected chi connectivity index (χ4v) is 3.10. The Labute approximate surface area is 113 Å². The third-order valence-corrected chi connectivity index (χ3v) is 4.79. The predicted molar refractivity (Wildman–Crippen MR) is 73.5 cm³/mol. The molecule has 0 aromatic heterocycles. The van der Waals surface area contributed by atoms with Crippen LogP contribution in [-0.2, 0) is 16.6 Å². The van der Waals surface area contributed by atoms with Crippen LogP contribution in [0.2, 0.25) is 0 Å². The number of nitrogens with zero attached hydrogens (tertiary/aromatic N) is 1. The van der Waals surface area contributed by atoms with Crippen molar-refractivity contribution in [3.63, 3.8) is 0 Å². The molecule has 0 saturated heterocycles. The fourth-order valence-electron chi connectivity index (χ4n) is 1.66. The van der Waals surface area contributed by atoms with Crippen LogP contribution in [0.1, 0.15) is 29.8 Å². The molecule has 1 N–H and O–H groups in total. The van der Waals surface area contributed by atoms with Gasteiger partial charge in [0.1, 0.15) is 0 Å². The van der Waals surface area contributed by atoms with E-state index in [1.165, 1.54) is 23.5 Å². The van der Waals surface area contributed by atoms with Crippen LogP contribution in [0.5, 0.6) is 0 Å². The molecule has 0 bridgehead atoms. The van der Waals surface area contributed by atoms with Gasteiger partial charge in [0.05, 0.1) is 11.3 Å². The minimum Gasteiger partial charge on any atom is -0.478 e. The summed E-state index contributed by atoms with van der Waals surface area (Å²) in [6, 6.07) is 6.21. The second-order valence-electron chi connectivity index (χ2n) is 4.93. The second kappa shape index (κ2) is 6.16. The first-order valence-corrected chi connectivity index (χ1v) is 7.59. The third kappa shape index (κ3) is 4.65. The Hall–Kier alpha value is -1.40. The van der Waals surface area contributed by atoms with Crippen LogP contribution in [0.3, 0.4) is 0 Å². The van der Waals surface area contributed by atoms with E-state index >= 15 is 0 Å². The molecule has 0 spiro atoms. The summed E-state index contributed by atoms with van der Waals surface area (Å²) in [5.41, 5.74) is 0.955. The molecular weight excluding hydrogens is 266 g/mol. The summed E-state index contributed by atoms with van der Waals surface area (Å²) in [7, 11) is -1.74. The summed E-state index contributed by atoms with van der Waals surface area (Å²) in [5, 5.41) is 8.78. The van der Waals surface area contributed by atoms with Crippen molar-refractivity contribution in [1.29, 1.82) is 0 Å². The molecule has 19 heavy (non-hydrogen) atoms. The highest BCUT2D eigenvalue weighted by Crippen LogP contribution is 2.11. The van der Waals surface area contributed by atoms with E-state index in [1.807, 2.05) is 13.8 Å². The lowest BCUT2D eigenvalue weighted by molar-refractivity contribution is 0.0697. The maximum atomic E-state index is 12.0. The Morgan fingerprint density at radius 3 is 2.21 bits per heavy atom. The Bertz CT molecular complexity index is 534. The van der Waals surface area contributed by atoms with Crippen molar-refractivity contribution >= 4 is 16.0 Å². The van der Waals surface area contributed by atoms with Gasteiger partial charge in [0.2, 0.25) is 10.0 Å². The Morgan fingerprint density at radius 2 is 1.79 bits per heavy atom. The molecule has 1 rings (SSSR count). The highest BCUT2D eigenvalue weighted by molar-refractivity contribution is 7.89. The Kier molecular flexibility index (Phi) is 5.08. The summed E-state index contributed by atoms with van der Waals surface area (Å²) >= 11 is 0. The molecule has 106 valence electrons. The van der Waals surface area contributed by atoms with Gasteiger partial charge in [-0.3, -0.25) is 0 Å². The van der Waals surface area contributed by atoms with Gasteiger partial charge >= 0.3 is 5.97 Å². The zero-order valence-corrected chi connectivity index (χ0v) is 12.1. The zero-order chi connectivity index (χ0) is 14.6. The number of hydrogen-bond donors (Lipinski definition) is 1. The smallest absolute Gasteiger partial charge is 0.335 e. The van der Waals surface area contributed by atoms with Gasteiger partial charge in [-0.2, -0.15) is 0 Å². The van der Waals surface area contributed by atoms with E-state index in [1.54, 1.807) is 12.1 Å². The van der Waals surface area contributed by atoms with Crippen molar-refractivity contribution in [2.45, 2.75) is 20.4 Å². The quantitative estimate of drug-likeness (QED) is 0.865.